The molecule has 0 radical (unpaired) electrons. The molecule has 0 bridgehead atoms. The van der Waals surface area contributed by atoms with Gasteiger partial charge in [0.2, 0.25) is 0 Å². The van der Waals surface area contributed by atoms with E-state index < -0.39 is 0 Å². The molecule has 1 saturated carbocycles. The maximum atomic E-state index is 11.5. The van der Waals surface area contributed by atoms with E-state index in [1.54, 1.807) is 0 Å². The van der Waals surface area contributed by atoms with Crippen LogP contribution in [-0.2, 0) is 18.7 Å². The Morgan fingerprint density at radius 3 is 2.95 bits per heavy atom. The molecule has 1 aliphatic heterocycles. The fourth-order valence-electron chi connectivity index (χ4n) is 3.26. The molecule has 1 heterocycles. The maximum Gasteiger partial charge on any atom is 0.336 e. The molecule has 0 aromatic heterocycles. The minimum absolute atomic E-state index is 0. The number of carbonyl (C=O) groups is 1. The minimum Gasteiger partial charge on any atom is -0.462 e. The summed E-state index contributed by atoms with van der Waals surface area (Å²) >= 11 is 0. The largest absolute Gasteiger partial charge is 0.462 e. The second-order valence-electron chi connectivity index (χ2n) is 5.70. The predicted molar refractivity (Wildman–Crippen MR) is 96.9 cm³/mol. The zero-order valence-electron chi connectivity index (χ0n) is 12.3. The lowest BCUT2D eigenvalue weighted by molar-refractivity contribution is -0.141. The van der Waals surface area contributed by atoms with Gasteiger partial charge < -0.3 is 13.9 Å². The third-order valence-electron chi connectivity index (χ3n) is 4.18. The van der Waals surface area contributed by atoms with E-state index in [0.717, 1.165) is 19.3 Å². The van der Waals surface area contributed by atoms with Gasteiger partial charge in [0.1, 0.15) is 6.10 Å². The van der Waals surface area contributed by atoms with Gasteiger partial charge in [-0.25, -0.2) is 0 Å². The number of esters is 1. The molecule has 2 fully saturated rings. The molecule has 120 valence electrons. The lowest BCUT2D eigenvalue weighted by atomic mass is 9.91. The number of ether oxygens (including phenoxy) is 1. The molecule has 0 aromatic carbocycles. The molecule has 2 aliphatic rings. The first-order valence-corrected chi connectivity index (χ1v) is 9.25. The van der Waals surface area contributed by atoms with Crippen molar-refractivity contribution in [3.05, 3.63) is 12.2 Å². The van der Waals surface area contributed by atoms with Gasteiger partial charge in [0, 0.05) is 29.2 Å². The first-order chi connectivity index (χ1) is 10.0. The second kappa shape index (κ2) is 8.37. The minimum atomic E-state index is -0.0810. The Balaban J connectivity index is 0.00000242. The Morgan fingerprint density at radius 2 is 2.33 bits per heavy atom. The average Bonchev–Trinajstić information content (AvgIpc) is 2.90. The Hall–Kier alpha value is 0.485. The smallest absolute Gasteiger partial charge is 0.336 e. The highest BCUT2D eigenvalue weighted by molar-refractivity contribution is 7.92. The van der Waals surface area contributed by atoms with Crippen molar-refractivity contribution in [3.63, 3.8) is 0 Å². The summed E-state index contributed by atoms with van der Waals surface area (Å²) in [6.45, 7) is 2.14. The first kappa shape index (κ1) is 17.8. The lowest BCUT2D eigenvalue weighted by Crippen LogP contribution is -2.24. The molecule has 0 spiro atoms. The van der Waals surface area contributed by atoms with Crippen LogP contribution in [0.1, 0.15) is 34.0 Å². The van der Waals surface area contributed by atoms with Crippen LogP contribution in [0, 0.1) is 11.8 Å². The van der Waals surface area contributed by atoms with Gasteiger partial charge in [-0.05, 0) is 6.42 Å². The molecule has 2 rings (SSSR count). The van der Waals surface area contributed by atoms with Crippen molar-refractivity contribution < 1.29 is 20.1 Å². The van der Waals surface area contributed by atoms with E-state index in [1.807, 2.05) is 0 Å². The quantitative estimate of drug-likeness (QED) is 0.306. The van der Waals surface area contributed by atoms with Gasteiger partial charge in [-0.15, -0.1) is 18.2 Å². The van der Waals surface area contributed by atoms with Crippen LogP contribution in [0.4, 0.5) is 0 Å². The fraction of sp³-hybridized carbons (Fsp3) is 0.769. The van der Waals surface area contributed by atoms with Crippen LogP contribution in [-0.4, -0.2) is 30.6 Å². The highest BCUT2D eigenvalue weighted by Crippen LogP contribution is 2.44. The van der Waals surface area contributed by atoms with Crippen molar-refractivity contribution in [1.82, 2.24) is 0 Å². The summed E-state index contributed by atoms with van der Waals surface area (Å²) in [5, 5.41) is 0. The lowest BCUT2D eigenvalue weighted by Gasteiger charge is -2.22. The first-order valence-electron chi connectivity index (χ1n) is 7.45. The summed E-state index contributed by atoms with van der Waals surface area (Å²) < 4.78 is 16.7. The number of fused-ring (bicyclic) bond motifs is 1. The van der Waals surface area contributed by atoms with Crippen molar-refractivity contribution in [2.24, 2.45) is 11.8 Å². The zero-order chi connectivity index (χ0) is 15.4. The molecule has 0 amide bonds. The van der Waals surface area contributed by atoms with E-state index in [2.05, 4.69) is 46.8 Å². The fourth-order valence-corrected chi connectivity index (χ4v) is 3.89. The number of hydrogen-bond donors (Lipinski definition) is 0. The van der Waals surface area contributed by atoms with Crippen molar-refractivity contribution in [3.8, 4) is 0 Å². The Kier molecular flexibility index (Phi) is 7.11. The van der Waals surface area contributed by atoms with Gasteiger partial charge >= 0.3 is 12.3 Å². The van der Waals surface area contributed by atoms with Crippen molar-refractivity contribution in [1.29, 1.82) is 0 Å². The summed E-state index contributed by atoms with van der Waals surface area (Å²) in [4.78, 5) is 11.5. The van der Waals surface area contributed by atoms with Gasteiger partial charge in [0.05, 0.1) is 18.6 Å². The van der Waals surface area contributed by atoms with E-state index in [4.69, 9.17) is 13.9 Å². The van der Waals surface area contributed by atoms with E-state index >= 15 is 0 Å². The van der Waals surface area contributed by atoms with Crippen LogP contribution in [0.3, 0.4) is 0 Å². The number of hydrogen-bond acceptors (Lipinski definition) is 4. The normalized spacial score (nSPS) is 33.2. The van der Waals surface area contributed by atoms with E-state index in [1.165, 1.54) is 0 Å². The summed E-state index contributed by atoms with van der Waals surface area (Å²) in [5.74, 6) is 0.367. The zero-order valence-corrected chi connectivity index (χ0v) is 15.8. The van der Waals surface area contributed by atoms with Crippen LogP contribution in [0.2, 0.25) is 0 Å². The standard InChI is InChI=1S/C13H24BO4P3.H2/c1-2-3-8(18-21)4-5-9-10-6-13(15)16-11(10)7-12(9)17-14(19)20;/h4-5,8-12H,2-3,6-7,19-21H2,1H3;1H/b5-4+;/t8-,9+,10+,11-,12+;/m0./s1/i;1+2. The number of carbonyl (C=O) groups excluding carboxylic acids is 1. The second-order valence-corrected chi connectivity index (χ2v) is 8.05. The van der Waals surface area contributed by atoms with Gasteiger partial charge in [-0.1, -0.05) is 25.5 Å². The van der Waals surface area contributed by atoms with Crippen LogP contribution in [0.15, 0.2) is 12.2 Å². The highest BCUT2D eigenvalue weighted by Gasteiger charge is 2.49. The van der Waals surface area contributed by atoms with Gasteiger partial charge in [-0.3, -0.25) is 4.79 Å². The molecule has 1 aliphatic carbocycles. The Bertz CT molecular complexity index is 399. The van der Waals surface area contributed by atoms with Gasteiger partial charge in [-0.2, -0.15) is 0 Å². The van der Waals surface area contributed by atoms with Crippen LogP contribution >= 0.6 is 27.7 Å². The van der Waals surface area contributed by atoms with E-state index in [9.17, 15) is 4.79 Å². The van der Waals surface area contributed by atoms with Crippen molar-refractivity contribution >= 4 is 40.0 Å². The molecule has 0 N–H and O–H groups in total. The summed E-state index contributed by atoms with van der Waals surface area (Å²) in [6.07, 6.45) is 7.82. The Morgan fingerprint density at radius 1 is 1.57 bits per heavy atom. The average molecular weight is 352 g/mol. The number of rotatable bonds is 7. The van der Waals surface area contributed by atoms with Crippen molar-refractivity contribution in [2.75, 3.05) is 0 Å². The molecule has 1 saturated heterocycles. The van der Waals surface area contributed by atoms with Gasteiger partial charge in [0.25, 0.3) is 0 Å². The monoisotopic (exact) mass is 352 g/mol. The van der Waals surface area contributed by atoms with Gasteiger partial charge in [0.15, 0.2) is 0 Å². The maximum absolute atomic E-state index is 11.5. The third kappa shape index (κ3) is 4.73. The molecule has 4 nitrogen and oxygen atoms in total. The molecular formula is C13H26BO4P3. The summed E-state index contributed by atoms with van der Waals surface area (Å²) in [7, 11) is 7.59. The predicted octanol–water partition coefficient (Wildman–Crippen LogP) is 2.84. The van der Waals surface area contributed by atoms with Crippen LogP contribution in [0.5, 0.6) is 0 Å². The molecular weight excluding hydrogens is 324 g/mol. The third-order valence-corrected chi connectivity index (χ3v) is 4.84. The summed E-state index contributed by atoms with van der Waals surface area (Å²) in [6, 6.07) is 0. The highest BCUT2D eigenvalue weighted by atomic mass is 31.1. The van der Waals surface area contributed by atoms with E-state index in [-0.39, 0.29) is 43.9 Å². The molecule has 8 atom stereocenters. The van der Waals surface area contributed by atoms with Crippen LogP contribution < -0.4 is 0 Å². The summed E-state index contributed by atoms with van der Waals surface area (Å²) in [5.41, 5.74) is 0. The molecule has 0 aromatic rings. The van der Waals surface area contributed by atoms with E-state index in [0.29, 0.717) is 6.42 Å². The molecule has 8 heteroatoms. The topological polar surface area (TPSA) is 44.8 Å². The molecule has 3 unspecified atom stereocenters. The SMILES string of the molecule is CCC[C@@H](/C=C/[C@@H]1[C@H]2CC(=O)O[C@H]2C[C@H]1OB(P)P)OP.[3HH]. The van der Waals surface area contributed by atoms with Crippen molar-refractivity contribution in [2.45, 2.75) is 50.9 Å². The van der Waals surface area contributed by atoms with Crippen LogP contribution in [0.25, 0.3) is 0 Å². The molecule has 21 heavy (non-hydrogen) atoms. The Labute approximate surface area is 135 Å².